The summed E-state index contributed by atoms with van der Waals surface area (Å²) in [6.45, 7) is 2.07. The highest BCUT2D eigenvalue weighted by Gasteiger charge is 2.24. The highest BCUT2D eigenvalue weighted by molar-refractivity contribution is 5.86. The lowest BCUT2D eigenvalue weighted by molar-refractivity contribution is -0.127. The molecular formula is C8H15N3O3. The largest absolute Gasteiger partial charge is 0.394 e. The van der Waals surface area contributed by atoms with Gasteiger partial charge in [0.25, 0.3) is 0 Å². The number of hydrogen-bond acceptors (Lipinski definition) is 4. The van der Waals surface area contributed by atoms with Crippen LogP contribution in [0.15, 0.2) is 0 Å². The number of aliphatic hydroxyl groups excluding tert-OH is 1. The molecule has 0 aromatic heterocycles. The van der Waals surface area contributed by atoms with Gasteiger partial charge in [-0.2, -0.15) is 0 Å². The maximum Gasteiger partial charge on any atom is 0.239 e. The van der Waals surface area contributed by atoms with Gasteiger partial charge in [-0.05, 0) is 6.92 Å². The molecule has 2 amide bonds. The van der Waals surface area contributed by atoms with Gasteiger partial charge in [-0.25, -0.2) is 0 Å². The fourth-order valence-corrected chi connectivity index (χ4v) is 1.14. The van der Waals surface area contributed by atoms with Crippen LogP contribution in [0.4, 0.5) is 0 Å². The van der Waals surface area contributed by atoms with E-state index in [-0.39, 0.29) is 31.0 Å². The van der Waals surface area contributed by atoms with Crippen molar-refractivity contribution in [3.63, 3.8) is 0 Å². The van der Waals surface area contributed by atoms with Crippen molar-refractivity contribution in [2.24, 2.45) is 0 Å². The van der Waals surface area contributed by atoms with Crippen molar-refractivity contribution in [1.82, 2.24) is 16.0 Å². The second-order valence-corrected chi connectivity index (χ2v) is 3.33. The predicted octanol–water partition coefficient (Wildman–Crippen LogP) is -2.43. The van der Waals surface area contributed by atoms with Crippen molar-refractivity contribution in [2.75, 3.05) is 19.7 Å². The van der Waals surface area contributed by atoms with Crippen molar-refractivity contribution < 1.29 is 14.7 Å². The first-order chi connectivity index (χ1) is 6.63. The smallest absolute Gasteiger partial charge is 0.239 e. The zero-order chi connectivity index (χ0) is 10.6. The van der Waals surface area contributed by atoms with Crippen LogP contribution in [0.5, 0.6) is 0 Å². The molecule has 6 heteroatoms. The molecule has 1 aliphatic heterocycles. The molecule has 1 saturated heterocycles. The van der Waals surface area contributed by atoms with E-state index in [1.54, 1.807) is 6.92 Å². The third kappa shape index (κ3) is 2.97. The van der Waals surface area contributed by atoms with Gasteiger partial charge in [0.05, 0.1) is 13.2 Å². The molecule has 0 radical (unpaired) electrons. The normalized spacial score (nSPS) is 23.9. The van der Waals surface area contributed by atoms with E-state index in [4.69, 9.17) is 5.11 Å². The molecule has 80 valence electrons. The summed E-state index contributed by atoms with van der Waals surface area (Å²) >= 11 is 0. The first kappa shape index (κ1) is 10.9. The maximum atomic E-state index is 11.4. The lowest BCUT2D eigenvalue weighted by Crippen LogP contribution is -2.59. The number of amides is 2. The Morgan fingerprint density at radius 3 is 3.00 bits per heavy atom. The zero-order valence-electron chi connectivity index (χ0n) is 8.04. The van der Waals surface area contributed by atoms with Gasteiger partial charge < -0.3 is 15.7 Å². The summed E-state index contributed by atoms with van der Waals surface area (Å²) in [4.78, 5) is 22.2. The van der Waals surface area contributed by atoms with E-state index >= 15 is 0 Å². The van der Waals surface area contributed by atoms with Crippen LogP contribution in [0.25, 0.3) is 0 Å². The quantitative estimate of drug-likeness (QED) is 0.409. The van der Waals surface area contributed by atoms with Gasteiger partial charge in [-0.1, -0.05) is 0 Å². The van der Waals surface area contributed by atoms with E-state index in [0.29, 0.717) is 6.54 Å². The Hall–Kier alpha value is -1.14. The van der Waals surface area contributed by atoms with E-state index in [0.717, 1.165) is 0 Å². The van der Waals surface area contributed by atoms with Gasteiger partial charge >= 0.3 is 0 Å². The Morgan fingerprint density at radius 2 is 2.50 bits per heavy atom. The van der Waals surface area contributed by atoms with Crippen LogP contribution in [-0.4, -0.2) is 48.7 Å². The van der Waals surface area contributed by atoms with Gasteiger partial charge in [0.2, 0.25) is 11.8 Å². The van der Waals surface area contributed by atoms with E-state index in [2.05, 4.69) is 16.0 Å². The first-order valence-corrected chi connectivity index (χ1v) is 4.55. The van der Waals surface area contributed by atoms with Gasteiger partial charge in [-0.15, -0.1) is 0 Å². The summed E-state index contributed by atoms with van der Waals surface area (Å²) in [6, 6.07) is -0.663. The summed E-state index contributed by atoms with van der Waals surface area (Å²) in [5.41, 5.74) is 0. The van der Waals surface area contributed by atoms with Crippen molar-refractivity contribution in [1.29, 1.82) is 0 Å². The molecule has 0 aromatic carbocycles. The Bertz CT molecular complexity index is 222. The number of aliphatic hydroxyl groups is 1. The number of piperazine rings is 1. The van der Waals surface area contributed by atoms with Crippen LogP contribution < -0.4 is 16.0 Å². The van der Waals surface area contributed by atoms with Gasteiger partial charge in [0.15, 0.2) is 0 Å². The van der Waals surface area contributed by atoms with Crippen LogP contribution in [0, 0.1) is 0 Å². The molecule has 0 aromatic rings. The number of carbonyl (C=O) groups is 2. The minimum absolute atomic E-state index is 0.0924. The molecule has 0 saturated carbocycles. The molecular weight excluding hydrogens is 186 g/mol. The van der Waals surface area contributed by atoms with E-state index in [9.17, 15) is 9.59 Å². The third-order valence-electron chi connectivity index (χ3n) is 1.99. The Labute approximate surface area is 82.1 Å². The molecule has 0 spiro atoms. The third-order valence-corrected chi connectivity index (χ3v) is 1.99. The molecule has 2 atom stereocenters. The summed E-state index contributed by atoms with van der Waals surface area (Å²) in [6.07, 6.45) is 0. The van der Waals surface area contributed by atoms with Crippen LogP contribution in [0.1, 0.15) is 6.92 Å². The average Bonchev–Trinajstić information content (AvgIpc) is 2.18. The van der Waals surface area contributed by atoms with Crippen LogP contribution in [0.2, 0.25) is 0 Å². The maximum absolute atomic E-state index is 11.4. The predicted molar refractivity (Wildman–Crippen MR) is 49.5 cm³/mol. The number of hydrogen-bond donors (Lipinski definition) is 4. The first-order valence-electron chi connectivity index (χ1n) is 4.55. The summed E-state index contributed by atoms with van der Waals surface area (Å²) in [7, 11) is 0. The second kappa shape index (κ2) is 4.92. The number of carbonyl (C=O) groups excluding carboxylic acids is 2. The SMILES string of the molecule is CC(CO)NC(=O)C1CNC(=O)CN1. The summed E-state index contributed by atoms with van der Waals surface area (Å²) < 4.78 is 0. The molecule has 0 aliphatic carbocycles. The standard InChI is InChI=1S/C8H15N3O3/c1-5(4-12)11-8(14)6-2-10-7(13)3-9-6/h5-6,9,12H,2-4H2,1H3,(H,10,13)(H,11,14). The van der Waals surface area contributed by atoms with E-state index in [1.165, 1.54) is 0 Å². The molecule has 1 heterocycles. The molecule has 4 N–H and O–H groups in total. The highest BCUT2D eigenvalue weighted by atomic mass is 16.3. The second-order valence-electron chi connectivity index (χ2n) is 3.33. The number of rotatable bonds is 3. The van der Waals surface area contributed by atoms with Crippen LogP contribution in [-0.2, 0) is 9.59 Å². The molecule has 2 unspecified atom stereocenters. The molecule has 1 rings (SSSR count). The van der Waals surface area contributed by atoms with Gasteiger partial charge in [0, 0.05) is 12.6 Å². The lowest BCUT2D eigenvalue weighted by Gasteiger charge is -2.24. The van der Waals surface area contributed by atoms with Gasteiger partial charge in [0.1, 0.15) is 6.04 Å². The summed E-state index contributed by atoms with van der Waals surface area (Å²) in [5.74, 6) is -0.309. The van der Waals surface area contributed by atoms with Crippen molar-refractivity contribution in [2.45, 2.75) is 19.0 Å². The van der Waals surface area contributed by atoms with E-state index in [1.807, 2.05) is 0 Å². The molecule has 0 bridgehead atoms. The van der Waals surface area contributed by atoms with Crippen molar-refractivity contribution in [3.05, 3.63) is 0 Å². The topological polar surface area (TPSA) is 90.5 Å². The minimum Gasteiger partial charge on any atom is -0.394 e. The highest BCUT2D eigenvalue weighted by Crippen LogP contribution is 1.90. The van der Waals surface area contributed by atoms with Gasteiger partial charge in [-0.3, -0.25) is 14.9 Å². The summed E-state index contributed by atoms with van der Waals surface area (Å²) in [5, 5.41) is 16.7. The Kier molecular flexibility index (Phi) is 3.84. The Balaban J connectivity index is 2.34. The molecule has 1 fully saturated rings. The molecule has 1 aliphatic rings. The molecule has 6 nitrogen and oxygen atoms in total. The van der Waals surface area contributed by atoms with Crippen molar-refractivity contribution in [3.8, 4) is 0 Å². The van der Waals surface area contributed by atoms with E-state index < -0.39 is 6.04 Å². The average molecular weight is 201 g/mol. The Morgan fingerprint density at radius 1 is 1.79 bits per heavy atom. The lowest BCUT2D eigenvalue weighted by atomic mass is 10.2. The van der Waals surface area contributed by atoms with Crippen LogP contribution >= 0.6 is 0 Å². The fraction of sp³-hybridized carbons (Fsp3) is 0.750. The van der Waals surface area contributed by atoms with Crippen LogP contribution in [0.3, 0.4) is 0 Å². The minimum atomic E-state index is -0.401. The molecule has 14 heavy (non-hydrogen) atoms. The monoisotopic (exact) mass is 201 g/mol. The van der Waals surface area contributed by atoms with Crippen molar-refractivity contribution >= 4 is 11.8 Å². The number of nitrogens with one attached hydrogen (secondary N) is 3. The zero-order valence-corrected chi connectivity index (χ0v) is 8.04. The fourth-order valence-electron chi connectivity index (χ4n) is 1.14.